The first-order valence-corrected chi connectivity index (χ1v) is 6.53. The second-order valence-electron chi connectivity index (χ2n) is 5.71. The van der Waals surface area contributed by atoms with Crippen molar-refractivity contribution < 1.29 is 14.6 Å². The van der Waals surface area contributed by atoms with Crippen molar-refractivity contribution in [1.29, 1.82) is 0 Å². The minimum atomic E-state index is -0.162. The molecule has 0 aromatic heterocycles. The smallest absolute Gasteiger partial charge is 0.122 e. The number of hydrogen-bond donors (Lipinski definition) is 1. The Hall–Kier alpha value is -1.06. The van der Waals surface area contributed by atoms with E-state index in [4.69, 9.17) is 9.47 Å². The van der Waals surface area contributed by atoms with Gasteiger partial charge in [-0.25, -0.2) is 0 Å². The Kier molecular flexibility index (Phi) is 4.25. The zero-order valence-electron chi connectivity index (χ0n) is 11.2. The minimum Gasteiger partial charge on any atom is -0.493 e. The molecule has 0 saturated heterocycles. The molecule has 2 rings (SSSR count). The SMILES string of the molecule is CC(C)(CO)COCC1CCOc2ccccc21. The standard InChI is InChI=1S/C15H22O3/c1-15(2,10-16)11-17-9-12-7-8-18-14-6-4-3-5-13(12)14/h3-6,12,16H,7-11H2,1-2H3. The molecule has 1 atom stereocenters. The fourth-order valence-corrected chi connectivity index (χ4v) is 2.11. The topological polar surface area (TPSA) is 38.7 Å². The molecule has 0 saturated carbocycles. The van der Waals surface area contributed by atoms with Gasteiger partial charge in [0.25, 0.3) is 0 Å². The van der Waals surface area contributed by atoms with Crippen molar-refractivity contribution in [2.45, 2.75) is 26.2 Å². The molecular formula is C15H22O3. The molecule has 0 amide bonds. The summed E-state index contributed by atoms with van der Waals surface area (Å²) in [4.78, 5) is 0. The molecule has 100 valence electrons. The van der Waals surface area contributed by atoms with Gasteiger partial charge in [-0.1, -0.05) is 32.0 Å². The molecule has 0 spiro atoms. The molecule has 3 heteroatoms. The van der Waals surface area contributed by atoms with Gasteiger partial charge in [0.2, 0.25) is 0 Å². The van der Waals surface area contributed by atoms with Crippen LogP contribution in [-0.4, -0.2) is 31.5 Å². The van der Waals surface area contributed by atoms with Crippen molar-refractivity contribution in [3.8, 4) is 5.75 Å². The van der Waals surface area contributed by atoms with E-state index in [2.05, 4.69) is 6.07 Å². The quantitative estimate of drug-likeness (QED) is 0.873. The molecular weight excluding hydrogens is 228 g/mol. The predicted molar refractivity (Wildman–Crippen MR) is 71.0 cm³/mol. The molecule has 1 heterocycles. The summed E-state index contributed by atoms with van der Waals surface area (Å²) in [5, 5.41) is 9.19. The van der Waals surface area contributed by atoms with Gasteiger partial charge in [-0.2, -0.15) is 0 Å². The number of ether oxygens (including phenoxy) is 2. The van der Waals surface area contributed by atoms with Gasteiger partial charge in [0.15, 0.2) is 0 Å². The summed E-state index contributed by atoms with van der Waals surface area (Å²) in [6.07, 6.45) is 0.997. The Bertz CT molecular complexity index is 387. The van der Waals surface area contributed by atoms with Crippen LogP contribution in [0, 0.1) is 5.41 Å². The van der Waals surface area contributed by atoms with Crippen LogP contribution in [0.15, 0.2) is 24.3 Å². The highest BCUT2D eigenvalue weighted by atomic mass is 16.5. The maximum absolute atomic E-state index is 9.19. The monoisotopic (exact) mass is 250 g/mol. The Morgan fingerprint density at radius 1 is 1.39 bits per heavy atom. The van der Waals surface area contributed by atoms with Gasteiger partial charge in [0, 0.05) is 11.3 Å². The zero-order chi connectivity index (χ0) is 13.0. The summed E-state index contributed by atoms with van der Waals surface area (Å²) < 4.78 is 11.4. The van der Waals surface area contributed by atoms with E-state index >= 15 is 0 Å². The third-order valence-electron chi connectivity index (χ3n) is 3.32. The lowest BCUT2D eigenvalue weighted by Gasteiger charge is -2.27. The van der Waals surface area contributed by atoms with Crippen LogP contribution in [-0.2, 0) is 4.74 Å². The largest absolute Gasteiger partial charge is 0.493 e. The summed E-state index contributed by atoms with van der Waals surface area (Å²) in [6, 6.07) is 8.16. The Morgan fingerprint density at radius 3 is 2.94 bits per heavy atom. The van der Waals surface area contributed by atoms with Crippen LogP contribution in [0.4, 0.5) is 0 Å². The molecule has 18 heavy (non-hydrogen) atoms. The average Bonchev–Trinajstić information content (AvgIpc) is 2.39. The first-order chi connectivity index (χ1) is 8.62. The maximum atomic E-state index is 9.19. The summed E-state index contributed by atoms with van der Waals surface area (Å²) in [6.45, 7) is 6.20. The summed E-state index contributed by atoms with van der Waals surface area (Å²) in [5.74, 6) is 1.39. The van der Waals surface area contributed by atoms with Crippen molar-refractivity contribution in [1.82, 2.24) is 0 Å². The fourth-order valence-electron chi connectivity index (χ4n) is 2.11. The Labute approximate surface area is 109 Å². The number of benzene rings is 1. The third kappa shape index (κ3) is 3.24. The van der Waals surface area contributed by atoms with E-state index in [0.717, 1.165) is 18.8 Å². The number of aliphatic hydroxyl groups excluding tert-OH is 1. The molecule has 0 radical (unpaired) electrons. The molecule has 0 bridgehead atoms. The van der Waals surface area contributed by atoms with E-state index < -0.39 is 0 Å². The highest BCUT2D eigenvalue weighted by Crippen LogP contribution is 2.33. The zero-order valence-corrected chi connectivity index (χ0v) is 11.2. The number of aliphatic hydroxyl groups is 1. The van der Waals surface area contributed by atoms with Gasteiger partial charge in [-0.3, -0.25) is 0 Å². The lowest BCUT2D eigenvalue weighted by Crippen LogP contribution is -2.26. The van der Waals surface area contributed by atoms with Crippen molar-refractivity contribution in [3.63, 3.8) is 0 Å². The average molecular weight is 250 g/mol. The third-order valence-corrected chi connectivity index (χ3v) is 3.32. The lowest BCUT2D eigenvalue weighted by molar-refractivity contribution is 0.0181. The molecule has 1 aliphatic rings. The molecule has 1 aromatic rings. The number of hydrogen-bond acceptors (Lipinski definition) is 3. The number of fused-ring (bicyclic) bond motifs is 1. The molecule has 1 unspecified atom stereocenters. The molecule has 1 aliphatic heterocycles. The van der Waals surface area contributed by atoms with E-state index in [1.807, 2.05) is 32.0 Å². The Balaban J connectivity index is 1.92. The van der Waals surface area contributed by atoms with Crippen molar-refractivity contribution in [2.24, 2.45) is 5.41 Å². The van der Waals surface area contributed by atoms with Crippen molar-refractivity contribution >= 4 is 0 Å². The van der Waals surface area contributed by atoms with Crippen LogP contribution in [0.2, 0.25) is 0 Å². The second kappa shape index (κ2) is 5.72. The van der Waals surface area contributed by atoms with Gasteiger partial charge in [0.1, 0.15) is 5.75 Å². The first-order valence-electron chi connectivity index (χ1n) is 6.53. The molecule has 0 aliphatic carbocycles. The van der Waals surface area contributed by atoms with Crippen molar-refractivity contribution in [3.05, 3.63) is 29.8 Å². The van der Waals surface area contributed by atoms with E-state index in [-0.39, 0.29) is 12.0 Å². The molecule has 0 fully saturated rings. The fraction of sp³-hybridized carbons (Fsp3) is 0.600. The van der Waals surface area contributed by atoms with Gasteiger partial charge in [0.05, 0.1) is 26.4 Å². The van der Waals surface area contributed by atoms with E-state index in [1.165, 1.54) is 5.56 Å². The van der Waals surface area contributed by atoms with Gasteiger partial charge < -0.3 is 14.6 Å². The van der Waals surface area contributed by atoms with E-state index in [1.54, 1.807) is 0 Å². The van der Waals surface area contributed by atoms with Gasteiger partial charge in [-0.15, -0.1) is 0 Å². The summed E-state index contributed by atoms with van der Waals surface area (Å²) in [5.41, 5.74) is 1.08. The van der Waals surface area contributed by atoms with Crippen molar-refractivity contribution in [2.75, 3.05) is 26.4 Å². The number of para-hydroxylation sites is 1. The van der Waals surface area contributed by atoms with Gasteiger partial charge >= 0.3 is 0 Å². The molecule has 3 nitrogen and oxygen atoms in total. The van der Waals surface area contributed by atoms with Crippen LogP contribution in [0.1, 0.15) is 31.7 Å². The second-order valence-corrected chi connectivity index (χ2v) is 5.71. The molecule has 1 N–H and O–H groups in total. The van der Waals surface area contributed by atoms with Crippen LogP contribution in [0.3, 0.4) is 0 Å². The summed E-state index contributed by atoms with van der Waals surface area (Å²) >= 11 is 0. The first kappa shape index (κ1) is 13.4. The number of rotatable bonds is 5. The van der Waals surface area contributed by atoms with E-state index in [9.17, 15) is 5.11 Å². The van der Waals surface area contributed by atoms with E-state index in [0.29, 0.717) is 19.1 Å². The van der Waals surface area contributed by atoms with Crippen LogP contribution < -0.4 is 4.74 Å². The summed E-state index contributed by atoms with van der Waals surface area (Å²) in [7, 11) is 0. The Morgan fingerprint density at radius 2 is 2.17 bits per heavy atom. The highest BCUT2D eigenvalue weighted by Gasteiger charge is 2.23. The normalized spacial score (nSPS) is 19.2. The van der Waals surface area contributed by atoms with Crippen LogP contribution >= 0.6 is 0 Å². The predicted octanol–water partition coefficient (Wildman–Crippen LogP) is 2.59. The minimum absolute atomic E-state index is 0.150. The molecule has 1 aromatic carbocycles. The van der Waals surface area contributed by atoms with Gasteiger partial charge in [-0.05, 0) is 18.1 Å². The highest BCUT2D eigenvalue weighted by molar-refractivity contribution is 5.37. The lowest BCUT2D eigenvalue weighted by atomic mass is 9.93. The van der Waals surface area contributed by atoms with Crippen LogP contribution in [0.25, 0.3) is 0 Å². The van der Waals surface area contributed by atoms with Crippen LogP contribution in [0.5, 0.6) is 5.75 Å². The maximum Gasteiger partial charge on any atom is 0.122 e.